The average molecular weight is 354 g/mol. The number of benzene rings is 2. The van der Waals surface area contributed by atoms with E-state index in [2.05, 4.69) is 5.32 Å². The second-order valence-corrected chi connectivity index (χ2v) is 5.43. The Morgan fingerprint density at radius 3 is 2.36 bits per heavy atom. The molecule has 0 saturated heterocycles. The van der Waals surface area contributed by atoms with E-state index in [9.17, 15) is 27.9 Å². The molecule has 0 bridgehead atoms. The maximum absolute atomic E-state index is 12.0. The van der Waals surface area contributed by atoms with E-state index in [1.807, 2.05) is 30.3 Å². The summed E-state index contributed by atoms with van der Waals surface area (Å²) in [6.07, 6.45) is -5.35. The Bertz CT molecular complexity index is 757. The van der Waals surface area contributed by atoms with Gasteiger partial charge in [0.25, 0.3) is 0 Å². The van der Waals surface area contributed by atoms with Crippen molar-refractivity contribution in [3.63, 3.8) is 0 Å². The first-order valence-corrected chi connectivity index (χ1v) is 7.56. The molecule has 2 aromatic rings. The maximum atomic E-state index is 12.0. The molecule has 0 aromatic heterocycles. The third-order valence-electron chi connectivity index (χ3n) is 3.54. The van der Waals surface area contributed by atoms with Crippen molar-refractivity contribution in [2.24, 2.45) is 0 Å². The van der Waals surface area contributed by atoms with Crippen molar-refractivity contribution >= 4 is 22.6 Å². The van der Waals surface area contributed by atoms with Gasteiger partial charge in [-0.05, 0) is 22.8 Å². The molecule has 134 valence electrons. The zero-order valence-electron chi connectivity index (χ0n) is 13.1. The van der Waals surface area contributed by atoms with Gasteiger partial charge < -0.3 is 15.7 Å². The summed E-state index contributed by atoms with van der Waals surface area (Å²) >= 11 is 0. The minimum Gasteiger partial charge on any atom is -0.388 e. The zero-order valence-corrected chi connectivity index (χ0v) is 13.1. The van der Waals surface area contributed by atoms with E-state index in [0.29, 0.717) is 5.56 Å². The number of hydrogen-bond acceptors (Lipinski definition) is 3. The van der Waals surface area contributed by atoms with E-state index >= 15 is 0 Å². The van der Waals surface area contributed by atoms with Crippen molar-refractivity contribution in [3.05, 3.63) is 48.0 Å². The quantitative estimate of drug-likeness (QED) is 0.719. The number of alkyl halides is 3. The van der Waals surface area contributed by atoms with Crippen molar-refractivity contribution in [2.45, 2.75) is 18.7 Å². The Labute approximate surface area is 141 Å². The van der Waals surface area contributed by atoms with Crippen LogP contribution < -0.4 is 10.6 Å². The largest absolute Gasteiger partial charge is 0.405 e. The van der Waals surface area contributed by atoms with Gasteiger partial charge in [0.05, 0.1) is 6.10 Å². The van der Waals surface area contributed by atoms with E-state index < -0.39 is 30.6 Å². The van der Waals surface area contributed by atoms with E-state index in [1.165, 1.54) is 5.32 Å². The van der Waals surface area contributed by atoms with Gasteiger partial charge in [-0.15, -0.1) is 0 Å². The van der Waals surface area contributed by atoms with Crippen molar-refractivity contribution in [1.29, 1.82) is 0 Å². The summed E-state index contributed by atoms with van der Waals surface area (Å²) < 4.78 is 35.9. The Morgan fingerprint density at radius 2 is 1.64 bits per heavy atom. The Balaban J connectivity index is 1.86. The molecule has 0 spiro atoms. The number of rotatable bonds is 5. The zero-order chi connectivity index (χ0) is 18.4. The Hall–Kier alpha value is -2.61. The van der Waals surface area contributed by atoms with Gasteiger partial charge >= 0.3 is 18.0 Å². The SMILES string of the molecule is O=C(NCC[C@H](O)c1cccc2ccccc12)C(=O)NCC(F)(F)F. The lowest BCUT2D eigenvalue weighted by atomic mass is 9.99. The van der Waals surface area contributed by atoms with Gasteiger partial charge in [-0.25, -0.2) is 0 Å². The van der Waals surface area contributed by atoms with E-state index in [1.54, 1.807) is 12.1 Å². The molecule has 2 amide bonds. The molecule has 3 N–H and O–H groups in total. The van der Waals surface area contributed by atoms with Gasteiger partial charge in [0.1, 0.15) is 6.54 Å². The third-order valence-corrected chi connectivity index (χ3v) is 3.54. The van der Waals surface area contributed by atoms with Crippen molar-refractivity contribution < 1.29 is 27.9 Å². The summed E-state index contributed by atoms with van der Waals surface area (Å²) in [5.74, 6) is -2.54. The van der Waals surface area contributed by atoms with E-state index in [-0.39, 0.29) is 13.0 Å². The van der Waals surface area contributed by atoms with Crippen molar-refractivity contribution in [3.8, 4) is 0 Å². The Morgan fingerprint density at radius 1 is 1.00 bits per heavy atom. The average Bonchev–Trinajstić information content (AvgIpc) is 2.58. The van der Waals surface area contributed by atoms with Crippen LogP contribution in [0.3, 0.4) is 0 Å². The molecule has 0 aliphatic rings. The highest BCUT2D eigenvalue weighted by atomic mass is 19.4. The molecule has 0 aliphatic heterocycles. The molecule has 8 heteroatoms. The highest BCUT2D eigenvalue weighted by Gasteiger charge is 2.29. The number of nitrogens with one attached hydrogen (secondary N) is 2. The van der Waals surface area contributed by atoms with Crippen LogP contribution in [0.2, 0.25) is 0 Å². The topological polar surface area (TPSA) is 78.4 Å². The first-order chi connectivity index (χ1) is 11.8. The summed E-state index contributed by atoms with van der Waals surface area (Å²) in [6.45, 7) is -1.62. The smallest absolute Gasteiger partial charge is 0.388 e. The van der Waals surface area contributed by atoms with Crippen LogP contribution >= 0.6 is 0 Å². The van der Waals surface area contributed by atoms with Crippen LogP contribution in [0.15, 0.2) is 42.5 Å². The summed E-state index contributed by atoms with van der Waals surface area (Å²) in [7, 11) is 0. The summed E-state index contributed by atoms with van der Waals surface area (Å²) in [5.41, 5.74) is 0.675. The molecule has 0 heterocycles. The molecule has 0 radical (unpaired) electrons. The fraction of sp³-hybridized carbons (Fsp3) is 0.294. The second kappa shape index (κ2) is 7.98. The summed E-state index contributed by atoms with van der Waals surface area (Å²) in [5, 5.41) is 15.8. The molecule has 1 atom stereocenters. The Kier molecular flexibility index (Phi) is 5.97. The lowest BCUT2D eigenvalue weighted by Crippen LogP contribution is -2.43. The predicted octanol–water partition coefficient (Wildman–Crippen LogP) is 2.06. The molecule has 0 unspecified atom stereocenters. The first-order valence-electron chi connectivity index (χ1n) is 7.56. The summed E-state index contributed by atoms with van der Waals surface area (Å²) in [4.78, 5) is 22.6. The minimum atomic E-state index is -4.58. The number of hydrogen-bond donors (Lipinski definition) is 3. The number of carbonyl (C=O) groups is 2. The number of carbonyl (C=O) groups excluding carboxylic acids is 2. The van der Waals surface area contributed by atoms with Gasteiger partial charge in [0, 0.05) is 6.54 Å². The number of halogens is 3. The van der Waals surface area contributed by atoms with E-state index in [4.69, 9.17) is 0 Å². The summed E-state index contributed by atoms with van der Waals surface area (Å²) in [6, 6.07) is 12.9. The molecule has 0 aliphatic carbocycles. The molecule has 2 aromatic carbocycles. The van der Waals surface area contributed by atoms with Crippen LogP contribution in [0.25, 0.3) is 10.8 Å². The van der Waals surface area contributed by atoms with Crippen LogP contribution in [0, 0.1) is 0 Å². The monoisotopic (exact) mass is 354 g/mol. The van der Waals surface area contributed by atoms with Crippen molar-refractivity contribution in [2.75, 3.05) is 13.1 Å². The van der Waals surface area contributed by atoms with Crippen LogP contribution in [0.4, 0.5) is 13.2 Å². The fourth-order valence-corrected chi connectivity index (χ4v) is 2.36. The number of aliphatic hydroxyl groups is 1. The minimum absolute atomic E-state index is 0.0529. The highest BCUT2D eigenvalue weighted by molar-refractivity contribution is 6.35. The fourth-order valence-electron chi connectivity index (χ4n) is 2.36. The molecule has 0 saturated carbocycles. The van der Waals surface area contributed by atoms with Crippen LogP contribution in [-0.4, -0.2) is 36.2 Å². The van der Waals surface area contributed by atoms with Gasteiger partial charge in [-0.3, -0.25) is 9.59 Å². The van der Waals surface area contributed by atoms with E-state index in [0.717, 1.165) is 10.8 Å². The number of amides is 2. The molecular weight excluding hydrogens is 337 g/mol. The number of fused-ring (bicyclic) bond motifs is 1. The molecule has 0 fully saturated rings. The predicted molar refractivity (Wildman–Crippen MR) is 85.6 cm³/mol. The molecule has 25 heavy (non-hydrogen) atoms. The molecule has 5 nitrogen and oxygen atoms in total. The standard InChI is InChI=1S/C17H17F3N2O3/c18-17(19,20)10-22-16(25)15(24)21-9-8-14(23)13-7-3-5-11-4-1-2-6-12(11)13/h1-7,14,23H,8-10H2,(H,21,24)(H,22,25)/t14-/m0/s1. The second-order valence-electron chi connectivity index (χ2n) is 5.43. The lowest BCUT2D eigenvalue weighted by molar-refractivity contribution is -0.146. The van der Waals surface area contributed by atoms with Gasteiger partial charge in [0.2, 0.25) is 0 Å². The maximum Gasteiger partial charge on any atom is 0.405 e. The van der Waals surface area contributed by atoms with Crippen LogP contribution in [0.1, 0.15) is 18.1 Å². The van der Waals surface area contributed by atoms with Gasteiger partial charge in [0.15, 0.2) is 0 Å². The third kappa shape index (κ3) is 5.46. The van der Waals surface area contributed by atoms with Crippen LogP contribution in [0.5, 0.6) is 0 Å². The van der Waals surface area contributed by atoms with Crippen molar-refractivity contribution in [1.82, 2.24) is 10.6 Å². The molecular formula is C17H17F3N2O3. The van der Waals surface area contributed by atoms with Gasteiger partial charge in [-0.1, -0.05) is 42.5 Å². The van der Waals surface area contributed by atoms with Crippen LogP contribution in [-0.2, 0) is 9.59 Å². The number of aliphatic hydroxyl groups excluding tert-OH is 1. The van der Waals surface area contributed by atoms with Gasteiger partial charge in [-0.2, -0.15) is 13.2 Å². The first kappa shape index (κ1) is 18.7. The highest BCUT2D eigenvalue weighted by Crippen LogP contribution is 2.25. The normalized spacial score (nSPS) is 12.6. The lowest BCUT2D eigenvalue weighted by Gasteiger charge is -2.14. The molecule has 2 rings (SSSR count).